The van der Waals surface area contributed by atoms with Crippen molar-refractivity contribution in [2.45, 2.75) is 56.2 Å². The SMILES string of the molecule is CCNCC.CC[C@H](NS(=O)(=O)c1cccc(CSCCCNC(=O)OCC2c3ccccc3-c3ccccc32)c1)C(=O)OC. The topological polar surface area (TPSA) is 123 Å². The molecular weight excluding hydrogens is 611 g/mol. The van der Waals surface area contributed by atoms with Crippen molar-refractivity contribution in [2.24, 2.45) is 0 Å². The quantitative estimate of drug-likeness (QED) is 0.141. The summed E-state index contributed by atoms with van der Waals surface area (Å²) in [5, 5.41) is 5.93. The van der Waals surface area contributed by atoms with Gasteiger partial charge in [-0.1, -0.05) is 81.4 Å². The molecule has 1 amide bonds. The number of amides is 1. The van der Waals surface area contributed by atoms with Crippen molar-refractivity contribution in [1.29, 1.82) is 0 Å². The first-order valence-electron chi connectivity index (χ1n) is 15.3. The van der Waals surface area contributed by atoms with E-state index in [0.717, 1.165) is 30.8 Å². The number of hydrogen-bond donors (Lipinski definition) is 3. The molecule has 0 aliphatic heterocycles. The van der Waals surface area contributed by atoms with Gasteiger partial charge >= 0.3 is 12.1 Å². The van der Waals surface area contributed by atoms with Gasteiger partial charge in [0.15, 0.2) is 0 Å². The summed E-state index contributed by atoms with van der Waals surface area (Å²) < 4.78 is 38.1. The third kappa shape index (κ3) is 10.6. The maximum absolute atomic E-state index is 12.7. The summed E-state index contributed by atoms with van der Waals surface area (Å²) in [6, 6.07) is 22.2. The Morgan fingerprint density at radius 2 is 1.56 bits per heavy atom. The number of ether oxygens (including phenoxy) is 2. The molecule has 3 N–H and O–H groups in total. The average Bonchev–Trinajstić information content (AvgIpc) is 3.38. The van der Waals surface area contributed by atoms with E-state index in [0.29, 0.717) is 12.3 Å². The van der Waals surface area contributed by atoms with E-state index in [1.807, 2.05) is 30.3 Å². The van der Waals surface area contributed by atoms with Gasteiger partial charge in [-0.25, -0.2) is 13.2 Å². The van der Waals surface area contributed by atoms with Crippen LogP contribution in [0.2, 0.25) is 0 Å². The number of methoxy groups -OCH3 is 1. The molecule has 0 fully saturated rings. The van der Waals surface area contributed by atoms with E-state index in [-0.39, 0.29) is 23.8 Å². The molecule has 0 radical (unpaired) electrons. The van der Waals surface area contributed by atoms with Gasteiger partial charge in [0.25, 0.3) is 0 Å². The van der Waals surface area contributed by atoms with Crippen LogP contribution >= 0.6 is 11.8 Å². The van der Waals surface area contributed by atoms with Crippen molar-refractivity contribution in [3.63, 3.8) is 0 Å². The van der Waals surface area contributed by atoms with E-state index >= 15 is 0 Å². The number of benzene rings is 3. The summed E-state index contributed by atoms with van der Waals surface area (Å²) >= 11 is 1.64. The van der Waals surface area contributed by atoms with Crippen molar-refractivity contribution in [1.82, 2.24) is 15.4 Å². The van der Waals surface area contributed by atoms with Crippen LogP contribution in [0.3, 0.4) is 0 Å². The molecule has 1 atom stereocenters. The Hall–Kier alpha value is -3.38. The standard InChI is InChI=1S/C30H34N2O6S2.C4H11N/c1-3-28(29(33)37-2)32-40(35,36)22-11-8-10-21(18-22)20-39-17-9-16-31-30(34)38-19-27-25-14-6-4-12-23(25)24-13-5-7-15-26(24)27;1-3-5-4-2/h4-8,10-15,18,27-28,32H,3,9,16-17,19-20H2,1-2H3,(H,31,34);5H,3-4H2,1-2H3/t28-;/m0./s1. The molecule has 0 unspecified atom stereocenters. The molecule has 0 bridgehead atoms. The van der Waals surface area contributed by atoms with Gasteiger partial charge in [-0.3, -0.25) is 4.79 Å². The Bertz CT molecular complexity index is 1450. The molecule has 1 aliphatic carbocycles. The molecule has 3 aromatic carbocycles. The molecule has 244 valence electrons. The first-order chi connectivity index (χ1) is 21.7. The van der Waals surface area contributed by atoms with Crippen LogP contribution in [0, 0.1) is 0 Å². The van der Waals surface area contributed by atoms with E-state index in [1.54, 1.807) is 30.8 Å². The number of hydrogen-bond acceptors (Lipinski definition) is 8. The van der Waals surface area contributed by atoms with Crippen molar-refractivity contribution in [3.05, 3.63) is 89.5 Å². The summed E-state index contributed by atoms with van der Waals surface area (Å²) in [7, 11) is -2.64. The van der Waals surface area contributed by atoms with Gasteiger partial charge in [0, 0.05) is 18.2 Å². The third-order valence-corrected chi connectivity index (χ3v) is 9.83. The van der Waals surface area contributed by atoms with Crippen LogP contribution < -0.4 is 15.4 Å². The van der Waals surface area contributed by atoms with Gasteiger partial charge in [-0.2, -0.15) is 16.5 Å². The fourth-order valence-electron chi connectivity index (χ4n) is 4.95. The Kier molecular flexibility index (Phi) is 14.9. The molecule has 0 heterocycles. The second kappa shape index (κ2) is 18.6. The maximum Gasteiger partial charge on any atom is 0.407 e. The van der Waals surface area contributed by atoms with Gasteiger partial charge in [0.05, 0.1) is 12.0 Å². The molecule has 0 aromatic heterocycles. The zero-order chi connectivity index (χ0) is 32.7. The zero-order valence-corrected chi connectivity index (χ0v) is 28.1. The Morgan fingerprint density at radius 3 is 2.13 bits per heavy atom. The number of rotatable bonds is 15. The zero-order valence-electron chi connectivity index (χ0n) is 26.5. The van der Waals surface area contributed by atoms with Crippen LogP contribution in [0.5, 0.6) is 0 Å². The minimum absolute atomic E-state index is 0.0248. The second-order valence-corrected chi connectivity index (χ2v) is 13.2. The van der Waals surface area contributed by atoms with E-state index in [4.69, 9.17) is 4.74 Å². The molecule has 11 heteroatoms. The van der Waals surface area contributed by atoms with Crippen LogP contribution in [0.1, 0.15) is 56.2 Å². The number of sulfonamides is 1. The molecule has 3 aromatic rings. The highest BCUT2D eigenvalue weighted by Gasteiger charge is 2.29. The summed E-state index contributed by atoms with van der Waals surface area (Å²) in [5.41, 5.74) is 5.58. The van der Waals surface area contributed by atoms with Gasteiger partial charge in [0.2, 0.25) is 10.0 Å². The van der Waals surface area contributed by atoms with Gasteiger partial charge in [-0.15, -0.1) is 0 Å². The van der Waals surface area contributed by atoms with Gasteiger partial charge < -0.3 is 20.1 Å². The number of thioether (sulfide) groups is 1. The number of carbonyl (C=O) groups excluding carboxylic acids is 2. The number of nitrogens with one attached hydrogen (secondary N) is 3. The predicted octanol–water partition coefficient (Wildman–Crippen LogP) is 5.69. The summed E-state index contributed by atoms with van der Waals surface area (Å²) in [6.07, 6.45) is 0.589. The molecule has 9 nitrogen and oxygen atoms in total. The van der Waals surface area contributed by atoms with Crippen LogP contribution in [-0.2, 0) is 30.0 Å². The van der Waals surface area contributed by atoms with Crippen molar-refractivity contribution in [2.75, 3.05) is 39.1 Å². The predicted molar refractivity (Wildman–Crippen MR) is 181 cm³/mol. The Morgan fingerprint density at radius 1 is 0.911 bits per heavy atom. The smallest absolute Gasteiger partial charge is 0.407 e. The average molecular weight is 656 g/mol. The van der Waals surface area contributed by atoms with Crippen LogP contribution in [0.25, 0.3) is 11.1 Å². The minimum atomic E-state index is -3.86. The molecule has 0 saturated heterocycles. The summed E-state index contributed by atoms with van der Waals surface area (Å²) in [4.78, 5) is 24.2. The Balaban J connectivity index is 0.00000102. The molecule has 0 spiro atoms. The third-order valence-electron chi connectivity index (χ3n) is 7.25. The van der Waals surface area contributed by atoms with Crippen molar-refractivity contribution < 1.29 is 27.5 Å². The van der Waals surface area contributed by atoms with Crippen LogP contribution in [0.4, 0.5) is 4.79 Å². The van der Waals surface area contributed by atoms with Crippen LogP contribution in [-0.4, -0.2) is 65.6 Å². The number of alkyl carbamates (subject to hydrolysis) is 1. The fraction of sp³-hybridized carbons (Fsp3) is 0.412. The largest absolute Gasteiger partial charge is 0.468 e. The molecule has 1 aliphatic rings. The maximum atomic E-state index is 12.7. The van der Waals surface area contributed by atoms with Crippen molar-refractivity contribution >= 4 is 33.8 Å². The lowest BCUT2D eigenvalue weighted by atomic mass is 9.98. The van der Waals surface area contributed by atoms with Crippen molar-refractivity contribution in [3.8, 4) is 11.1 Å². The fourth-order valence-corrected chi connectivity index (χ4v) is 7.20. The number of carbonyl (C=O) groups is 2. The monoisotopic (exact) mass is 655 g/mol. The molecule has 45 heavy (non-hydrogen) atoms. The molecular formula is C34H45N3O6S2. The lowest BCUT2D eigenvalue weighted by molar-refractivity contribution is -0.142. The van der Waals surface area contributed by atoms with Gasteiger partial charge in [-0.05, 0) is 71.6 Å². The van der Waals surface area contributed by atoms with Gasteiger partial charge in [0.1, 0.15) is 12.6 Å². The Labute approximate surface area is 271 Å². The normalized spacial score (nSPS) is 12.7. The number of fused-ring (bicyclic) bond motifs is 3. The van der Waals surface area contributed by atoms with E-state index in [1.165, 1.54) is 35.4 Å². The van der Waals surface area contributed by atoms with E-state index in [2.05, 4.69) is 58.2 Å². The lowest BCUT2D eigenvalue weighted by Crippen LogP contribution is -2.40. The molecule has 4 rings (SSSR count). The molecule has 0 saturated carbocycles. The van der Waals surface area contributed by atoms with Crippen LogP contribution in [0.15, 0.2) is 77.7 Å². The highest BCUT2D eigenvalue weighted by molar-refractivity contribution is 7.98. The summed E-state index contributed by atoms with van der Waals surface area (Å²) in [5.74, 6) is 0.794. The first-order valence-corrected chi connectivity index (χ1v) is 18.0. The number of esters is 1. The summed E-state index contributed by atoms with van der Waals surface area (Å²) in [6.45, 7) is 8.86. The van der Waals surface area contributed by atoms with E-state index in [9.17, 15) is 18.0 Å². The lowest BCUT2D eigenvalue weighted by Gasteiger charge is -2.15. The van der Waals surface area contributed by atoms with E-state index < -0.39 is 28.1 Å². The highest BCUT2D eigenvalue weighted by Crippen LogP contribution is 2.44. The second-order valence-electron chi connectivity index (χ2n) is 10.4. The first kappa shape index (κ1) is 36.1. The highest BCUT2D eigenvalue weighted by atomic mass is 32.2. The minimum Gasteiger partial charge on any atom is -0.468 e.